The molecule has 0 spiro atoms. The molecular formula is C28H44O2. The molecule has 1 aliphatic rings. The summed E-state index contributed by atoms with van der Waals surface area (Å²) in [5.74, 6) is 1.01. The molecule has 0 heterocycles. The molecule has 1 aliphatic carbocycles. The van der Waals surface area contributed by atoms with Crippen molar-refractivity contribution >= 4 is 12.6 Å². The van der Waals surface area contributed by atoms with Crippen LogP contribution in [-0.2, 0) is 21.4 Å². The van der Waals surface area contributed by atoms with Crippen LogP contribution in [0.5, 0.6) is 0 Å². The van der Waals surface area contributed by atoms with E-state index >= 15 is 0 Å². The van der Waals surface area contributed by atoms with Gasteiger partial charge in [0.05, 0.1) is 0 Å². The normalized spacial score (nSPS) is 20.3. The van der Waals surface area contributed by atoms with Gasteiger partial charge < -0.3 is 9.59 Å². The highest BCUT2D eigenvalue weighted by Crippen LogP contribution is 2.43. The van der Waals surface area contributed by atoms with E-state index in [1.807, 2.05) is 13.8 Å². The van der Waals surface area contributed by atoms with E-state index in [4.69, 9.17) is 0 Å². The molecule has 2 nitrogen and oxygen atoms in total. The Morgan fingerprint density at radius 1 is 1.03 bits per heavy atom. The Hall–Kier alpha value is -1.70. The van der Waals surface area contributed by atoms with Crippen molar-refractivity contribution in [2.24, 2.45) is 23.2 Å². The van der Waals surface area contributed by atoms with E-state index in [1.165, 1.54) is 29.5 Å². The maximum atomic E-state index is 10.6. The van der Waals surface area contributed by atoms with Crippen LogP contribution in [0.25, 0.3) is 0 Å². The third-order valence-electron chi connectivity index (χ3n) is 6.50. The second-order valence-corrected chi connectivity index (χ2v) is 11.0. The standard InChI is InChI=1S/C14H20O.C14H24O/c1-11(10-15)9-12-5-7-13(8-6-12)14(2,3)4;1-11(10-15)7-8-13-12(2)6-5-9-14(13,3)4/h5-8,10-11H,9H2,1-4H3;6,10-11,13H,5,7-9H2,1-4H3. The van der Waals surface area contributed by atoms with Crippen LogP contribution in [0.4, 0.5) is 0 Å². The van der Waals surface area contributed by atoms with E-state index in [0.29, 0.717) is 11.3 Å². The van der Waals surface area contributed by atoms with Crippen LogP contribution < -0.4 is 0 Å². The van der Waals surface area contributed by atoms with E-state index in [0.717, 1.165) is 31.8 Å². The number of hydrogen-bond acceptors (Lipinski definition) is 2. The topological polar surface area (TPSA) is 34.1 Å². The highest BCUT2D eigenvalue weighted by Gasteiger charge is 2.32. The summed E-state index contributed by atoms with van der Waals surface area (Å²) in [4.78, 5) is 21.1. The minimum absolute atomic E-state index is 0.116. The van der Waals surface area contributed by atoms with Gasteiger partial charge in [0.25, 0.3) is 0 Å². The summed E-state index contributed by atoms with van der Waals surface area (Å²) < 4.78 is 0. The molecule has 0 aromatic heterocycles. The number of carbonyl (C=O) groups is 2. The first kappa shape index (κ1) is 26.3. The van der Waals surface area contributed by atoms with E-state index in [9.17, 15) is 9.59 Å². The first-order chi connectivity index (χ1) is 13.9. The third-order valence-corrected chi connectivity index (χ3v) is 6.50. The van der Waals surface area contributed by atoms with E-state index in [-0.39, 0.29) is 17.3 Å². The minimum atomic E-state index is 0.116. The molecule has 0 fully saturated rings. The summed E-state index contributed by atoms with van der Waals surface area (Å²) in [6.07, 6.45) is 10.0. The summed E-state index contributed by atoms with van der Waals surface area (Å²) in [6.45, 7) is 17.5. The lowest BCUT2D eigenvalue weighted by Crippen LogP contribution is -2.28. The van der Waals surface area contributed by atoms with Gasteiger partial charge in [-0.15, -0.1) is 0 Å². The average molecular weight is 413 g/mol. The molecule has 0 amide bonds. The second kappa shape index (κ2) is 11.6. The molecule has 2 heteroatoms. The Bertz CT molecular complexity index is 688. The monoisotopic (exact) mass is 412 g/mol. The number of aldehydes is 2. The van der Waals surface area contributed by atoms with Gasteiger partial charge in [0.15, 0.2) is 0 Å². The lowest BCUT2D eigenvalue weighted by Gasteiger charge is -2.39. The Labute approximate surface area is 185 Å². The molecular weight excluding hydrogens is 368 g/mol. The van der Waals surface area contributed by atoms with Gasteiger partial charge in [0, 0.05) is 11.8 Å². The molecule has 0 N–H and O–H groups in total. The van der Waals surface area contributed by atoms with Gasteiger partial charge in [-0.05, 0) is 66.9 Å². The van der Waals surface area contributed by atoms with Crippen LogP contribution in [0, 0.1) is 23.2 Å². The van der Waals surface area contributed by atoms with Crippen molar-refractivity contribution in [3.8, 4) is 0 Å². The van der Waals surface area contributed by atoms with Crippen LogP contribution >= 0.6 is 0 Å². The summed E-state index contributed by atoms with van der Waals surface area (Å²) in [7, 11) is 0. The third kappa shape index (κ3) is 8.58. The van der Waals surface area contributed by atoms with E-state index < -0.39 is 0 Å². The second-order valence-electron chi connectivity index (χ2n) is 11.0. The Balaban J connectivity index is 0.000000300. The fraction of sp³-hybridized carbons (Fsp3) is 0.643. The SMILES string of the molecule is CC(C=O)Cc1ccc(C(C)(C)C)cc1.CC1=CCCC(C)(C)C1CCC(C)C=O. The lowest BCUT2D eigenvalue weighted by molar-refractivity contribution is -0.111. The minimum Gasteiger partial charge on any atom is -0.303 e. The fourth-order valence-electron chi connectivity index (χ4n) is 4.28. The molecule has 168 valence electrons. The molecule has 0 saturated heterocycles. The Morgan fingerprint density at radius 3 is 2.07 bits per heavy atom. The van der Waals surface area contributed by atoms with Crippen molar-refractivity contribution in [1.82, 2.24) is 0 Å². The molecule has 0 aliphatic heterocycles. The lowest BCUT2D eigenvalue weighted by atomic mass is 9.66. The highest BCUT2D eigenvalue weighted by molar-refractivity contribution is 5.53. The number of rotatable bonds is 7. The summed E-state index contributed by atoms with van der Waals surface area (Å²) >= 11 is 0. The number of hydrogen-bond donors (Lipinski definition) is 0. The van der Waals surface area contributed by atoms with Crippen molar-refractivity contribution in [2.75, 3.05) is 0 Å². The number of allylic oxidation sites excluding steroid dienone is 2. The van der Waals surface area contributed by atoms with Crippen LogP contribution in [0.15, 0.2) is 35.9 Å². The summed E-state index contributed by atoms with van der Waals surface area (Å²) in [5, 5.41) is 0. The van der Waals surface area contributed by atoms with Crippen LogP contribution in [0.1, 0.15) is 92.2 Å². The molecule has 1 aromatic rings. The molecule has 30 heavy (non-hydrogen) atoms. The molecule has 0 saturated carbocycles. The maximum Gasteiger partial charge on any atom is 0.123 e. The smallest absolute Gasteiger partial charge is 0.123 e. The van der Waals surface area contributed by atoms with Crippen LogP contribution in [0.3, 0.4) is 0 Å². The first-order valence-corrected chi connectivity index (χ1v) is 11.6. The molecule has 3 atom stereocenters. The maximum absolute atomic E-state index is 10.6. The number of benzene rings is 1. The van der Waals surface area contributed by atoms with Crippen molar-refractivity contribution in [1.29, 1.82) is 0 Å². The zero-order valence-electron chi connectivity index (χ0n) is 20.6. The fourth-order valence-corrected chi connectivity index (χ4v) is 4.28. The van der Waals surface area contributed by atoms with Crippen molar-refractivity contribution in [2.45, 2.75) is 92.9 Å². The van der Waals surface area contributed by atoms with Gasteiger partial charge in [0.1, 0.15) is 12.6 Å². The molecule has 1 aromatic carbocycles. The summed E-state index contributed by atoms with van der Waals surface area (Å²) in [5.41, 5.74) is 4.73. The van der Waals surface area contributed by atoms with Gasteiger partial charge in [-0.1, -0.05) is 84.4 Å². The highest BCUT2D eigenvalue weighted by atomic mass is 16.1. The quantitative estimate of drug-likeness (QED) is 0.346. The molecule has 2 rings (SSSR count). The van der Waals surface area contributed by atoms with Gasteiger partial charge in [-0.25, -0.2) is 0 Å². The predicted octanol–water partition coefficient (Wildman–Crippen LogP) is 7.35. The van der Waals surface area contributed by atoms with Gasteiger partial charge in [-0.2, -0.15) is 0 Å². The zero-order chi connectivity index (χ0) is 22.9. The van der Waals surface area contributed by atoms with E-state index in [2.05, 4.69) is 71.9 Å². The van der Waals surface area contributed by atoms with Gasteiger partial charge in [0.2, 0.25) is 0 Å². The van der Waals surface area contributed by atoms with E-state index in [1.54, 1.807) is 0 Å². The summed E-state index contributed by atoms with van der Waals surface area (Å²) in [6, 6.07) is 8.57. The van der Waals surface area contributed by atoms with Crippen LogP contribution in [0.2, 0.25) is 0 Å². The predicted molar refractivity (Wildman–Crippen MR) is 129 cm³/mol. The Kier molecular flexibility index (Phi) is 10.2. The average Bonchev–Trinajstić information content (AvgIpc) is 2.67. The van der Waals surface area contributed by atoms with Crippen LogP contribution in [-0.4, -0.2) is 12.6 Å². The van der Waals surface area contributed by atoms with Crippen molar-refractivity contribution in [3.63, 3.8) is 0 Å². The van der Waals surface area contributed by atoms with Crippen molar-refractivity contribution < 1.29 is 9.59 Å². The molecule has 0 bridgehead atoms. The number of carbonyl (C=O) groups excluding carboxylic acids is 2. The zero-order valence-corrected chi connectivity index (χ0v) is 20.6. The molecule has 3 unspecified atom stereocenters. The van der Waals surface area contributed by atoms with Gasteiger partial charge >= 0.3 is 0 Å². The van der Waals surface area contributed by atoms with Gasteiger partial charge in [-0.3, -0.25) is 0 Å². The first-order valence-electron chi connectivity index (χ1n) is 11.6. The van der Waals surface area contributed by atoms with Crippen molar-refractivity contribution in [3.05, 3.63) is 47.0 Å². The Morgan fingerprint density at radius 2 is 1.60 bits per heavy atom. The largest absolute Gasteiger partial charge is 0.303 e. The molecule has 0 radical (unpaired) electrons.